The average molecular weight is 254 g/mol. The van der Waals surface area contributed by atoms with Crippen molar-refractivity contribution in [2.24, 2.45) is 0 Å². The van der Waals surface area contributed by atoms with Crippen molar-refractivity contribution >= 4 is 5.78 Å². The van der Waals surface area contributed by atoms with Gasteiger partial charge >= 0.3 is 0 Å². The van der Waals surface area contributed by atoms with Gasteiger partial charge in [0, 0.05) is 20.1 Å². The Morgan fingerprint density at radius 1 is 1.22 bits per heavy atom. The van der Waals surface area contributed by atoms with Crippen LogP contribution in [0.4, 0.5) is 0 Å². The molecule has 0 aromatic carbocycles. The maximum Gasteiger partial charge on any atom is 0.164 e. The number of Topliss-reactive ketones (excluding diaryl/α,β-unsaturated/α-hetero) is 1. The van der Waals surface area contributed by atoms with Crippen molar-refractivity contribution in [2.45, 2.75) is 75.9 Å². The van der Waals surface area contributed by atoms with Gasteiger partial charge in [0.25, 0.3) is 0 Å². The lowest BCUT2D eigenvalue weighted by molar-refractivity contribution is -0.143. The van der Waals surface area contributed by atoms with E-state index in [4.69, 9.17) is 9.47 Å². The molecule has 2 aliphatic rings. The number of carbonyl (C=O) groups excluding carboxylic acids is 1. The predicted octanol–water partition coefficient (Wildman–Crippen LogP) is 3.25. The minimum absolute atomic E-state index is 0.308. The van der Waals surface area contributed by atoms with E-state index in [-0.39, 0.29) is 0 Å². The van der Waals surface area contributed by atoms with Gasteiger partial charge in [0.2, 0.25) is 0 Å². The van der Waals surface area contributed by atoms with Gasteiger partial charge in [-0.15, -0.1) is 0 Å². The zero-order valence-corrected chi connectivity index (χ0v) is 11.6. The summed E-state index contributed by atoms with van der Waals surface area (Å²) < 4.78 is 11.2. The van der Waals surface area contributed by atoms with Crippen LogP contribution < -0.4 is 0 Å². The fourth-order valence-electron chi connectivity index (χ4n) is 3.29. The lowest BCUT2D eigenvalue weighted by atomic mass is 9.86. The molecule has 1 aliphatic carbocycles. The molecule has 1 aliphatic heterocycles. The van der Waals surface area contributed by atoms with E-state index in [1.165, 1.54) is 12.8 Å². The van der Waals surface area contributed by atoms with Gasteiger partial charge in [-0.05, 0) is 32.1 Å². The maximum absolute atomic E-state index is 12.5. The molecule has 1 unspecified atom stereocenters. The summed E-state index contributed by atoms with van der Waals surface area (Å²) in [5, 5.41) is 0. The molecule has 0 bridgehead atoms. The minimum atomic E-state index is -0.477. The van der Waals surface area contributed by atoms with Gasteiger partial charge in [0.05, 0.1) is 6.10 Å². The highest BCUT2D eigenvalue weighted by molar-refractivity contribution is 5.87. The highest BCUT2D eigenvalue weighted by Crippen LogP contribution is 2.32. The van der Waals surface area contributed by atoms with Crippen LogP contribution in [-0.2, 0) is 14.3 Å². The third-order valence-electron chi connectivity index (χ3n) is 4.53. The number of ether oxygens (including phenoxy) is 2. The zero-order valence-electron chi connectivity index (χ0n) is 11.6. The molecular weight excluding hydrogens is 228 g/mol. The second kappa shape index (κ2) is 6.67. The van der Waals surface area contributed by atoms with E-state index in [0.29, 0.717) is 18.3 Å². The Labute approximate surface area is 110 Å². The first-order valence-corrected chi connectivity index (χ1v) is 7.47. The molecule has 0 aromatic heterocycles. The third-order valence-corrected chi connectivity index (χ3v) is 4.53. The highest BCUT2D eigenvalue weighted by atomic mass is 16.5. The minimum Gasteiger partial charge on any atom is -0.378 e. The smallest absolute Gasteiger partial charge is 0.164 e. The molecule has 0 radical (unpaired) electrons. The van der Waals surface area contributed by atoms with Gasteiger partial charge in [0.1, 0.15) is 5.60 Å². The highest BCUT2D eigenvalue weighted by Gasteiger charge is 2.38. The van der Waals surface area contributed by atoms with Gasteiger partial charge in [-0.2, -0.15) is 0 Å². The summed E-state index contributed by atoms with van der Waals surface area (Å²) in [6, 6.07) is 0. The molecule has 0 amide bonds. The molecule has 0 spiro atoms. The van der Waals surface area contributed by atoms with Crippen LogP contribution >= 0.6 is 0 Å². The molecule has 1 saturated carbocycles. The quantitative estimate of drug-likeness (QED) is 0.706. The van der Waals surface area contributed by atoms with Crippen molar-refractivity contribution in [3.8, 4) is 0 Å². The largest absolute Gasteiger partial charge is 0.378 e. The van der Waals surface area contributed by atoms with Crippen LogP contribution in [0.3, 0.4) is 0 Å². The van der Waals surface area contributed by atoms with Crippen molar-refractivity contribution in [3.63, 3.8) is 0 Å². The summed E-state index contributed by atoms with van der Waals surface area (Å²) in [5.74, 6) is 0.308. The standard InChI is InChI=1S/C15H26O3/c1-17-15(10-4-2-3-5-11-15)14(16)9-8-13-7-6-12-18-13/h13H,2-12H2,1H3. The molecule has 1 atom stereocenters. The van der Waals surface area contributed by atoms with Gasteiger partial charge in [-0.25, -0.2) is 0 Å². The van der Waals surface area contributed by atoms with Crippen molar-refractivity contribution in [2.75, 3.05) is 13.7 Å². The third kappa shape index (κ3) is 3.33. The topological polar surface area (TPSA) is 35.5 Å². The number of ketones is 1. The van der Waals surface area contributed by atoms with Gasteiger partial charge in [0.15, 0.2) is 5.78 Å². The Morgan fingerprint density at radius 2 is 1.94 bits per heavy atom. The molecule has 1 heterocycles. The first-order valence-electron chi connectivity index (χ1n) is 7.47. The number of hydrogen-bond acceptors (Lipinski definition) is 3. The molecule has 0 aromatic rings. The summed E-state index contributed by atoms with van der Waals surface area (Å²) in [5.41, 5.74) is -0.477. The predicted molar refractivity (Wildman–Crippen MR) is 70.7 cm³/mol. The summed E-state index contributed by atoms with van der Waals surface area (Å²) in [6.45, 7) is 0.869. The van der Waals surface area contributed by atoms with E-state index >= 15 is 0 Å². The van der Waals surface area contributed by atoms with Crippen LogP contribution in [0.25, 0.3) is 0 Å². The fraction of sp³-hybridized carbons (Fsp3) is 0.933. The Hall–Kier alpha value is -0.410. The van der Waals surface area contributed by atoms with Crippen molar-refractivity contribution < 1.29 is 14.3 Å². The summed E-state index contributed by atoms with van der Waals surface area (Å²) in [7, 11) is 1.70. The van der Waals surface area contributed by atoms with Crippen molar-refractivity contribution in [1.82, 2.24) is 0 Å². The number of hydrogen-bond donors (Lipinski definition) is 0. The summed E-state index contributed by atoms with van der Waals surface area (Å²) in [4.78, 5) is 12.5. The zero-order chi connectivity index (χ0) is 12.8. The molecule has 18 heavy (non-hydrogen) atoms. The van der Waals surface area contributed by atoms with Crippen LogP contribution in [0.2, 0.25) is 0 Å². The van der Waals surface area contributed by atoms with Gasteiger partial charge < -0.3 is 9.47 Å². The van der Waals surface area contributed by atoms with Gasteiger partial charge in [-0.1, -0.05) is 25.7 Å². The molecule has 0 N–H and O–H groups in total. The molecule has 3 heteroatoms. The van der Waals surface area contributed by atoms with Crippen LogP contribution in [0.15, 0.2) is 0 Å². The Balaban J connectivity index is 1.86. The molecule has 2 fully saturated rings. The van der Waals surface area contributed by atoms with E-state index in [0.717, 1.165) is 51.6 Å². The molecule has 1 saturated heterocycles. The van der Waals surface area contributed by atoms with Crippen LogP contribution in [0, 0.1) is 0 Å². The monoisotopic (exact) mass is 254 g/mol. The SMILES string of the molecule is COC1(C(=O)CCC2CCCO2)CCCCCC1. The molecule has 104 valence electrons. The lowest BCUT2D eigenvalue weighted by Crippen LogP contribution is -2.40. The van der Waals surface area contributed by atoms with Crippen LogP contribution in [0.1, 0.15) is 64.2 Å². The van der Waals surface area contributed by atoms with Crippen molar-refractivity contribution in [1.29, 1.82) is 0 Å². The molecular formula is C15H26O3. The first kappa shape index (κ1) is 14.0. The Kier molecular flexibility index (Phi) is 5.19. The van der Waals surface area contributed by atoms with E-state index in [1.54, 1.807) is 7.11 Å². The van der Waals surface area contributed by atoms with Crippen LogP contribution in [-0.4, -0.2) is 31.2 Å². The fourth-order valence-corrected chi connectivity index (χ4v) is 3.29. The van der Waals surface area contributed by atoms with E-state index in [9.17, 15) is 4.79 Å². The maximum atomic E-state index is 12.5. The second-order valence-corrected chi connectivity index (χ2v) is 5.71. The number of methoxy groups -OCH3 is 1. The molecule has 2 rings (SSSR count). The summed E-state index contributed by atoms with van der Waals surface area (Å²) in [6.07, 6.45) is 10.6. The van der Waals surface area contributed by atoms with Crippen LogP contribution in [0.5, 0.6) is 0 Å². The van der Waals surface area contributed by atoms with Crippen molar-refractivity contribution in [3.05, 3.63) is 0 Å². The lowest BCUT2D eigenvalue weighted by Gasteiger charge is -2.30. The normalized spacial score (nSPS) is 27.9. The number of rotatable bonds is 5. The Morgan fingerprint density at radius 3 is 2.50 bits per heavy atom. The van der Waals surface area contributed by atoms with E-state index < -0.39 is 5.60 Å². The van der Waals surface area contributed by atoms with E-state index in [1.807, 2.05) is 0 Å². The Bertz CT molecular complexity index is 261. The second-order valence-electron chi connectivity index (χ2n) is 5.71. The van der Waals surface area contributed by atoms with E-state index in [2.05, 4.69) is 0 Å². The van der Waals surface area contributed by atoms with Gasteiger partial charge in [-0.3, -0.25) is 4.79 Å². The molecule has 3 nitrogen and oxygen atoms in total. The average Bonchev–Trinajstić information content (AvgIpc) is 2.79. The summed E-state index contributed by atoms with van der Waals surface area (Å²) >= 11 is 0. The first-order chi connectivity index (χ1) is 8.77. The number of carbonyl (C=O) groups is 1.